The summed E-state index contributed by atoms with van der Waals surface area (Å²) in [5.74, 6) is 0.0902. The summed E-state index contributed by atoms with van der Waals surface area (Å²) < 4.78 is 9.09. The second-order valence-corrected chi connectivity index (χ2v) is 9.85. The first kappa shape index (κ1) is 24.4. The minimum absolute atomic E-state index is 0.0284. The fourth-order valence-corrected chi connectivity index (χ4v) is 6.48. The molecule has 2 rings (SSSR count). The van der Waals surface area contributed by atoms with Crippen molar-refractivity contribution in [3.05, 3.63) is 0 Å². The van der Waals surface area contributed by atoms with Crippen LogP contribution in [0.4, 0.5) is 0 Å². The smallest absolute Gasteiger partial charge is 0.310 e. The van der Waals surface area contributed by atoms with Crippen molar-refractivity contribution in [2.75, 3.05) is 0 Å². The van der Waals surface area contributed by atoms with Gasteiger partial charge in [-0.1, -0.05) is 34.6 Å². The second-order valence-electron chi connectivity index (χ2n) is 9.23. The van der Waals surface area contributed by atoms with E-state index in [1.54, 1.807) is 0 Å². The number of rotatable bonds is 10. The molecule has 7 unspecified atom stereocenters. The summed E-state index contributed by atoms with van der Waals surface area (Å²) in [6, 6.07) is 0.0451. The molecule has 0 aromatic rings. The van der Waals surface area contributed by atoms with Crippen LogP contribution in [0.2, 0.25) is 0 Å². The normalized spacial score (nSPS) is 32.4. The molecule has 0 aromatic heterocycles. The molecule has 0 aliphatic heterocycles. The Morgan fingerprint density at radius 1 is 1.04 bits per heavy atom. The summed E-state index contributed by atoms with van der Waals surface area (Å²) in [7, 11) is 0. The Labute approximate surface area is 184 Å². The lowest BCUT2D eigenvalue weighted by atomic mass is 9.60. The number of fused-ring (bicyclic) bond motifs is 2. The topological polar surface area (TPSA) is 78.8 Å². The zero-order valence-electron chi connectivity index (χ0n) is 18.4. The Morgan fingerprint density at radius 2 is 1.54 bits per heavy atom. The number of nitrogens with one attached hydrogen (secondary N) is 1. The molecule has 28 heavy (non-hydrogen) atoms. The quantitative estimate of drug-likeness (QED) is 0.233. The Balaban J connectivity index is 2.29. The maximum Gasteiger partial charge on any atom is 0.310 e. The molecule has 5 nitrogen and oxygen atoms in total. The molecule has 0 saturated heterocycles. The highest BCUT2D eigenvalue weighted by molar-refractivity contribution is 14.1. The van der Waals surface area contributed by atoms with Gasteiger partial charge in [0.15, 0.2) is 0 Å². The Morgan fingerprint density at radius 3 is 2.00 bits per heavy atom. The predicted octanol–water partition coefficient (Wildman–Crippen LogP) is 4.24. The molecule has 2 fully saturated rings. The van der Waals surface area contributed by atoms with Crippen LogP contribution in [0.25, 0.3) is 0 Å². The molecule has 6 heteroatoms. The van der Waals surface area contributed by atoms with E-state index in [1.165, 1.54) is 0 Å². The van der Waals surface area contributed by atoms with E-state index in [0.29, 0.717) is 31.6 Å². The van der Waals surface area contributed by atoms with Gasteiger partial charge in [-0.25, -0.2) is 0 Å². The third-order valence-corrected chi connectivity index (χ3v) is 9.18. The van der Waals surface area contributed by atoms with Gasteiger partial charge in [-0.05, 0) is 63.2 Å². The lowest BCUT2D eigenvalue weighted by molar-refractivity contribution is -0.176. The van der Waals surface area contributed by atoms with Gasteiger partial charge in [-0.15, -0.1) is 0 Å². The lowest BCUT2D eigenvalue weighted by Crippen LogP contribution is -2.55. The number of aliphatic hydroxyl groups is 2. The van der Waals surface area contributed by atoms with E-state index >= 15 is 0 Å². The highest BCUT2D eigenvalue weighted by atomic mass is 127. The molecule has 2 bridgehead atoms. The second kappa shape index (κ2) is 9.48. The summed E-state index contributed by atoms with van der Waals surface area (Å²) in [5, 5.41) is 22.9. The number of hydrogen-bond acceptors (Lipinski definition) is 5. The number of esters is 1. The minimum Gasteiger partial charge on any atom is -0.462 e. The SMILES string of the molecule is CCC(O)(CC)C1C2CC(OC(=O)C(C)C(C)NI)C(C2)C1C(O)(CC)CC. The first-order valence-electron chi connectivity index (χ1n) is 11.1. The van der Waals surface area contributed by atoms with E-state index in [1.807, 2.05) is 41.5 Å². The van der Waals surface area contributed by atoms with Crippen molar-refractivity contribution < 1.29 is 19.7 Å². The van der Waals surface area contributed by atoms with Crippen LogP contribution in [-0.2, 0) is 9.53 Å². The molecule has 0 radical (unpaired) electrons. The van der Waals surface area contributed by atoms with Crippen LogP contribution < -0.4 is 3.53 Å². The van der Waals surface area contributed by atoms with Gasteiger partial charge in [-0.3, -0.25) is 8.32 Å². The molecular formula is C22H40INO4. The molecular weight excluding hydrogens is 469 g/mol. The molecule has 2 aliphatic rings. The number of carbonyl (C=O) groups excluding carboxylic acids is 1. The lowest BCUT2D eigenvalue weighted by Gasteiger charge is -2.50. The summed E-state index contributed by atoms with van der Waals surface area (Å²) in [5.41, 5.74) is -1.58. The largest absolute Gasteiger partial charge is 0.462 e. The van der Waals surface area contributed by atoms with Gasteiger partial charge in [-0.2, -0.15) is 0 Å². The molecule has 0 amide bonds. The Kier molecular flexibility index (Phi) is 8.24. The Hall–Kier alpha value is 0.0800. The number of ether oxygens (including phenoxy) is 1. The van der Waals surface area contributed by atoms with E-state index in [2.05, 4.69) is 26.4 Å². The van der Waals surface area contributed by atoms with Gasteiger partial charge in [0.25, 0.3) is 0 Å². The van der Waals surface area contributed by atoms with Crippen LogP contribution in [0.15, 0.2) is 0 Å². The number of carbonyl (C=O) groups is 1. The molecule has 0 heterocycles. The predicted molar refractivity (Wildman–Crippen MR) is 120 cm³/mol. The average molecular weight is 509 g/mol. The van der Waals surface area contributed by atoms with Crippen LogP contribution in [0.3, 0.4) is 0 Å². The average Bonchev–Trinajstić information content (AvgIpc) is 3.29. The van der Waals surface area contributed by atoms with Gasteiger partial charge in [0.1, 0.15) is 6.10 Å². The number of halogens is 1. The van der Waals surface area contributed by atoms with Gasteiger partial charge in [0.2, 0.25) is 0 Å². The maximum absolute atomic E-state index is 12.7. The van der Waals surface area contributed by atoms with Crippen molar-refractivity contribution in [3.63, 3.8) is 0 Å². The zero-order chi connectivity index (χ0) is 21.3. The van der Waals surface area contributed by atoms with Crippen LogP contribution in [-0.4, -0.2) is 39.5 Å². The molecule has 7 atom stereocenters. The zero-order valence-corrected chi connectivity index (χ0v) is 20.5. The molecule has 2 saturated carbocycles. The van der Waals surface area contributed by atoms with Crippen LogP contribution in [0.5, 0.6) is 0 Å². The van der Waals surface area contributed by atoms with E-state index in [-0.39, 0.29) is 41.8 Å². The fraction of sp³-hybridized carbons (Fsp3) is 0.955. The highest BCUT2D eigenvalue weighted by Gasteiger charge is 2.63. The van der Waals surface area contributed by atoms with Gasteiger partial charge < -0.3 is 14.9 Å². The van der Waals surface area contributed by atoms with Gasteiger partial charge >= 0.3 is 5.97 Å². The maximum atomic E-state index is 12.7. The third kappa shape index (κ3) is 4.26. The summed E-state index contributed by atoms with van der Waals surface area (Å²) in [4.78, 5) is 12.7. The van der Waals surface area contributed by atoms with Crippen molar-refractivity contribution in [3.8, 4) is 0 Å². The molecule has 2 aliphatic carbocycles. The summed E-state index contributed by atoms with van der Waals surface area (Å²) in [6.45, 7) is 12.0. The Bertz CT molecular complexity index is 535. The first-order chi connectivity index (χ1) is 13.1. The summed E-state index contributed by atoms with van der Waals surface area (Å²) >= 11 is 2.07. The highest BCUT2D eigenvalue weighted by Crippen LogP contribution is 2.61. The van der Waals surface area contributed by atoms with E-state index < -0.39 is 11.2 Å². The van der Waals surface area contributed by atoms with Crippen molar-refractivity contribution >= 4 is 28.8 Å². The van der Waals surface area contributed by atoms with Crippen LogP contribution in [0, 0.1) is 29.6 Å². The standard InChI is InChI=1S/C22H40INO4/c1-7-21(26,8-2)18-15-11-16(19(18)22(27,9-3)10-4)17(12-15)28-20(25)13(5)14(6)24-23/h13-19,24,26-27H,7-12H2,1-6H3. The van der Waals surface area contributed by atoms with E-state index in [0.717, 1.165) is 12.8 Å². The van der Waals surface area contributed by atoms with Crippen molar-refractivity contribution in [2.45, 2.75) is 103 Å². The van der Waals surface area contributed by atoms with Crippen molar-refractivity contribution in [1.29, 1.82) is 0 Å². The van der Waals surface area contributed by atoms with Crippen molar-refractivity contribution in [2.24, 2.45) is 29.6 Å². The molecule has 0 spiro atoms. The molecule has 164 valence electrons. The third-order valence-electron chi connectivity index (χ3n) is 8.19. The minimum atomic E-state index is -0.823. The van der Waals surface area contributed by atoms with E-state index in [9.17, 15) is 15.0 Å². The van der Waals surface area contributed by atoms with Gasteiger partial charge in [0.05, 0.1) is 17.1 Å². The van der Waals surface area contributed by atoms with Crippen LogP contribution >= 0.6 is 22.9 Å². The van der Waals surface area contributed by atoms with Crippen LogP contribution in [0.1, 0.15) is 80.1 Å². The van der Waals surface area contributed by atoms with Gasteiger partial charge in [0, 0.05) is 34.8 Å². The molecule has 0 aromatic carbocycles. The monoisotopic (exact) mass is 509 g/mol. The first-order valence-corrected chi connectivity index (χ1v) is 12.2. The van der Waals surface area contributed by atoms with Crippen molar-refractivity contribution in [1.82, 2.24) is 3.53 Å². The molecule has 3 N–H and O–H groups in total. The summed E-state index contributed by atoms with van der Waals surface area (Å²) in [6.07, 6.45) is 4.29. The fourth-order valence-electron chi connectivity index (χ4n) is 5.94. The van der Waals surface area contributed by atoms with E-state index in [4.69, 9.17) is 4.74 Å². The number of hydrogen-bond donors (Lipinski definition) is 3.